The Labute approximate surface area is 204 Å². The molecule has 1 saturated heterocycles. The van der Waals surface area contributed by atoms with Gasteiger partial charge in [0.05, 0.1) is 13.2 Å². The van der Waals surface area contributed by atoms with E-state index >= 15 is 0 Å². The lowest BCUT2D eigenvalue weighted by Crippen LogP contribution is -2.44. The first-order chi connectivity index (χ1) is 14.7. The van der Waals surface area contributed by atoms with Crippen LogP contribution in [0.5, 0.6) is 0 Å². The Morgan fingerprint density at radius 2 is 1.68 bits per heavy atom. The van der Waals surface area contributed by atoms with Gasteiger partial charge in [0.15, 0.2) is 5.96 Å². The smallest absolute Gasteiger partial charge is 0.191 e. The lowest BCUT2D eigenvalue weighted by Gasteiger charge is -2.28. The van der Waals surface area contributed by atoms with E-state index in [9.17, 15) is 0 Å². The highest BCUT2D eigenvalue weighted by Crippen LogP contribution is 2.14. The van der Waals surface area contributed by atoms with Crippen LogP contribution in [0.3, 0.4) is 0 Å². The predicted molar refractivity (Wildman–Crippen MR) is 140 cm³/mol. The van der Waals surface area contributed by atoms with E-state index in [2.05, 4.69) is 87.9 Å². The molecule has 0 aliphatic carbocycles. The van der Waals surface area contributed by atoms with E-state index in [0.717, 1.165) is 51.9 Å². The zero-order valence-corrected chi connectivity index (χ0v) is 21.2. The summed E-state index contributed by atoms with van der Waals surface area (Å²) in [6.07, 6.45) is 0. The van der Waals surface area contributed by atoms with Gasteiger partial charge < -0.3 is 20.3 Å². The molecule has 0 aromatic heterocycles. The summed E-state index contributed by atoms with van der Waals surface area (Å²) in [5.41, 5.74) is 3.88. The van der Waals surface area contributed by atoms with Crippen molar-refractivity contribution in [1.82, 2.24) is 15.5 Å². The molecule has 2 aromatic rings. The van der Waals surface area contributed by atoms with Gasteiger partial charge in [-0.3, -0.25) is 9.89 Å². The van der Waals surface area contributed by atoms with Crippen molar-refractivity contribution in [3.8, 4) is 0 Å². The summed E-state index contributed by atoms with van der Waals surface area (Å²) in [6, 6.07) is 19.4. The number of halogens is 1. The van der Waals surface area contributed by atoms with E-state index in [-0.39, 0.29) is 24.0 Å². The number of likely N-dealkylation sites (N-methyl/N-ethyl adjacent to an activating group) is 1. The van der Waals surface area contributed by atoms with E-state index in [1.165, 1.54) is 16.8 Å². The van der Waals surface area contributed by atoms with Crippen LogP contribution < -0.4 is 15.5 Å². The van der Waals surface area contributed by atoms with Crippen molar-refractivity contribution in [2.75, 3.05) is 51.8 Å². The number of nitrogens with zero attached hydrogens (tertiary/aromatic N) is 3. The van der Waals surface area contributed by atoms with E-state index in [1.54, 1.807) is 0 Å². The largest absolute Gasteiger partial charge is 0.379 e. The molecule has 1 aliphatic heterocycles. The fourth-order valence-electron chi connectivity index (χ4n) is 3.58. The highest BCUT2D eigenvalue weighted by atomic mass is 127. The second-order valence-corrected chi connectivity index (χ2v) is 7.76. The van der Waals surface area contributed by atoms with Gasteiger partial charge in [-0.15, -0.1) is 24.0 Å². The Morgan fingerprint density at radius 3 is 2.35 bits per heavy atom. The highest BCUT2D eigenvalue weighted by Gasteiger charge is 2.13. The summed E-state index contributed by atoms with van der Waals surface area (Å²) in [4.78, 5) is 9.13. The van der Waals surface area contributed by atoms with Crippen LogP contribution in [0, 0.1) is 0 Å². The molecule has 1 atom stereocenters. The number of hydrogen-bond acceptors (Lipinski definition) is 4. The minimum Gasteiger partial charge on any atom is -0.379 e. The molecule has 0 spiro atoms. The van der Waals surface area contributed by atoms with Gasteiger partial charge in [0.25, 0.3) is 0 Å². The third kappa shape index (κ3) is 7.97. The van der Waals surface area contributed by atoms with Gasteiger partial charge in [-0.25, -0.2) is 0 Å². The molecule has 2 aromatic carbocycles. The number of guanidine groups is 1. The number of aliphatic imine (C=N–C) groups is 1. The van der Waals surface area contributed by atoms with Crippen molar-refractivity contribution in [3.63, 3.8) is 0 Å². The monoisotopic (exact) mass is 537 g/mol. The van der Waals surface area contributed by atoms with Crippen LogP contribution in [0.4, 0.5) is 5.69 Å². The molecule has 0 radical (unpaired) electrons. The fraction of sp³-hybridized carbons (Fsp3) is 0.458. The summed E-state index contributed by atoms with van der Waals surface area (Å²) in [5, 5.41) is 6.94. The highest BCUT2D eigenvalue weighted by molar-refractivity contribution is 14.0. The summed E-state index contributed by atoms with van der Waals surface area (Å²) in [6.45, 7) is 8.38. The third-order valence-corrected chi connectivity index (χ3v) is 5.68. The number of hydrogen-bond donors (Lipinski definition) is 2. The van der Waals surface area contributed by atoms with E-state index < -0.39 is 0 Å². The normalized spacial score (nSPS) is 15.6. The molecule has 3 rings (SSSR count). The summed E-state index contributed by atoms with van der Waals surface area (Å²) in [5.74, 6) is 0.824. The second kappa shape index (κ2) is 13.5. The van der Waals surface area contributed by atoms with Crippen LogP contribution in [0.1, 0.15) is 18.1 Å². The maximum absolute atomic E-state index is 5.47. The number of rotatable bonds is 8. The maximum atomic E-state index is 5.47. The van der Waals surface area contributed by atoms with Crippen molar-refractivity contribution < 1.29 is 4.74 Å². The number of nitrogens with one attached hydrogen (secondary N) is 2. The van der Waals surface area contributed by atoms with Crippen LogP contribution in [0.15, 0.2) is 59.6 Å². The molecular weight excluding hydrogens is 501 g/mol. The van der Waals surface area contributed by atoms with Crippen LogP contribution in [0.2, 0.25) is 0 Å². The fourth-order valence-corrected chi connectivity index (χ4v) is 3.58. The number of benzene rings is 2. The zero-order chi connectivity index (χ0) is 21.2. The van der Waals surface area contributed by atoms with Crippen molar-refractivity contribution in [1.29, 1.82) is 0 Å². The van der Waals surface area contributed by atoms with Crippen LogP contribution in [-0.4, -0.2) is 63.8 Å². The van der Waals surface area contributed by atoms with Gasteiger partial charge in [0.2, 0.25) is 0 Å². The van der Waals surface area contributed by atoms with Gasteiger partial charge in [0, 0.05) is 58.5 Å². The minimum absolute atomic E-state index is 0. The molecule has 0 saturated carbocycles. The average Bonchev–Trinajstić information content (AvgIpc) is 2.80. The molecule has 6 nitrogen and oxygen atoms in total. The quantitative estimate of drug-likeness (QED) is 0.308. The lowest BCUT2D eigenvalue weighted by atomic mass is 10.1. The number of para-hydroxylation sites is 1. The Kier molecular flexibility index (Phi) is 11.1. The molecule has 2 N–H and O–H groups in total. The van der Waals surface area contributed by atoms with Crippen LogP contribution in [-0.2, 0) is 17.8 Å². The van der Waals surface area contributed by atoms with Crippen LogP contribution >= 0.6 is 24.0 Å². The number of morpholine rings is 1. The summed E-state index contributed by atoms with van der Waals surface area (Å²) >= 11 is 0. The first-order valence-corrected chi connectivity index (χ1v) is 10.8. The predicted octanol–water partition coefficient (Wildman–Crippen LogP) is 3.33. The molecule has 170 valence electrons. The van der Waals surface area contributed by atoms with Gasteiger partial charge in [-0.2, -0.15) is 0 Å². The molecule has 7 heteroatoms. The SMILES string of the molecule is CN=C(NCc1ccccc1CN1CCOCC1)NCC(C)N(C)c1ccccc1.I. The van der Waals surface area contributed by atoms with Crippen molar-refractivity contribution >= 4 is 35.6 Å². The Bertz CT molecular complexity index is 796. The van der Waals surface area contributed by atoms with Crippen molar-refractivity contribution in [2.45, 2.75) is 26.1 Å². The van der Waals surface area contributed by atoms with E-state index in [1.807, 2.05) is 13.1 Å². The molecule has 1 aliphatic rings. The maximum Gasteiger partial charge on any atom is 0.191 e. The number of anilines is 1. The van der Waals surface area contributed by atoms with Gasteiger partial charge >= 0.3 is 0 Å². The van der Waals surface area contributed by atoms with Crippen molar-refractivity contribution in [3.05, 3.63) is 65.7 Å². The first-order valence-electron chi connectivity index (χ1n) is 10.8. The lowest BCUT2D eigenvalue weighted by molar-refractivity contribution is 0.0341. The van der Waals surface area contributed by atoms with E-state index in [4.69, 9.17) is 4.74 Å². The van der Waals surface area contributed by atoms with Gasteiger partial charge in [-0.1, -0.05) is 42.5 Å². The van der Waals surface area contributed by atoms with Gasteiger partial charge in [-0.05, 0) is 30.2 Å². The number of ether oxygens (including phenoxy) is 1. The Morgan fingerprint density at radius 1 is 1.03 bits per heavy atom. The third-order valence-electron chi connectivity index (χ3n) is 5.68. The molecule has 1 heterocycles. The average molecular weight is 537 g/mol. The molecule has 0 amide bonds. The second-order valence-electron chi connectivity index (χ2n) is 7.76. The Balaban J connectivity index is 0.00000341. The molecule has 1 unspecified atom stereocenters. The molecule has 1 fully saturated rings. The first kappa shape index (κ1) is 25.4. The topological polar surface area (TPSA) is 52.1 Å². The molecular formula is C24H36IN5O. The Hall–Kier alpha value is -1.84. The van der Waals surface area contributed by atoms with E-state index in [0.29, 0.717) is 6.04 Å². The standard InChI is InChI=1S/C24H35N5O.HI/c1-20(28(3)23-11-5-4-6-12-23)17-26-24(25-2)27-18-21-9-7-8-10-22(21)19-29-13-15-30-16-14-29;/h4-12,20H,13-19H2,1-3H3,(H2,25,26,27);1H. The summed E-state index contributed by atoms with van der Waals surface area (Å²) in [7, 11) is 3.94. The molecule has 31 heavy (non-hydrogen) atoms. The van der Waals surface area contributed by atoms with Crippen molar-refractivity contribution in [2.24, 2.45) is 4.99 Å². The van der Waals surface area contributed by atoms with Crippen LogP contribution in [0.25, 0.3) is 0 Å². The zero-order valence-electron chi connectivity index (χ0n) is 18.9. The summed E-state index contributed by atoms with van der Waals surface area (Å²) < 4.78 is 5.47. The molecule has 0 bridgehead atoms. The van der Waals surface area contributed by atoms with Gasteiger partial charge in [0.1, 0.15) is 0 Å². The minimum atomic E-state index is 0.